The van der Waals surface area contributed by atoms with Gasteiger partial charge in [0.1, 0.15) is 12.3 Å². The molecule has 0 aliphatic carbocycles. The summed E-state index contributed by atoms with van der Waals surface area (Å²) in [6.07, 6.45) is 3.12. The highest BCUT2D eigenvalue weighted by atomic mass is 16.5. The highest BCUT2D eigenvalue weighted by Gasteiger charge is 2.11. The SMILES string of the molecule is COC(=O)C(C)NCc1cnoc1. The molecular formula is C8H12N2O3. The largest absolute Gasteiger partial charge is 0.468 e. The number of nitrogens with zero attached hydrogens (tertiary/aromatic N) is 1. The molecule has 0 aromatic carbocycles. The average Bonchev–Trinajstić information content (AvgIpc) is 2.65. The monoisotopic (exact) mass is 184 g/mol. The van der Waals surface area contributed by atoms with Gasteiger partial charge in [0.25, 0.3) is 0 Å². The Labute approximate surface area is 76.0 Å². The molecule has 1 aromatic rings. The van der Waals surface area contributed by atoms with Crippen LogP contribution in [0.15, 0.2) is 17.0 Å². The van der Waals surface area contributed by atoms with Crippen molar-refractivity contribution in [3.63, 3.8) is 0 Å². The second-order valence-corrected chi connectivity index (χ2v) is 2.66. The van der Waals surface area contributed by atoms with Crippen LogP contribution in [-0.4, -0.2) is 24.3 Å². The Morgan fingerprint density at radius 3 is 3.15 bits per heavy atom. The molecule has 0 amide bonds. The maximum Gasteiger partial charge on any atom is 0.322 e. The molecule has 72 valence electrons. The molecule has 1 heterocycles. The summed E-state index contributed by atoms with van der Waals surface area (Å²) in [5, 5.41) is 6.50. The molecule has 1 aromatic heterocycles. The number of rotatable bonds is 4. The summed E-state index contributed by atoms with van der Waals surface area (Å²) in [4.78, 5) is 10.9. The molecular weight excluding hydrogens is 172 g/mol. The standard InChI is InChI=1S/C8H12N2O3/c1-6(8(11)12-2)9-3-7-4-10-13-5-7/h4-6,9H,3H2,1-2H3. The van der Waals surface area contributed by atoms with Crippen molar-refractivity contribution in [2.75, 3.05) is 7.11 Å². The summed E-state index contributed by atoms with van der Waals surface area (Å²) in [6.45, 7) is 2.28. The predicted molar refractivity (Wildman–Crippen MR) is 44.8 cm³/mol. The van der Waals surface area contributed by atoms with Gasteiger partial charge in [0, 0.05) is 12.1 Å². The van der Waals surface area contributed by atoms with E-state index in [1.807, 2.05) is 0 Å². The molecule has 0 spiro atoms. The molecule has 13 heavy (non-hydrogen) atoms. The van der Waals surface area contributed by atoms with Gasteiger partial charge in [-0.25, -0.2) is 0 Å². The third kappa shape index (κ3) is 2.87. The molecule has 0 saturated carbocycles. The van der Waals surface area contributed by atoms with Crippen molar-refractivity contribution in [1.82, 2.24) is 10.5 Å². The van der Waals surface area contributed by atoms with Gasteiger partial charge in [-0.1, -0.05) is 5.16 Å². The fraction of sp³-hybridized carbons (Fsp3) is 0.500. The van der Waals surface area contributed by atoms with E-state index in [9.17, 15) is 4.79 Å². The Morgan fingerprint density at radius 1 is 1.85 bits per heavy atom. The fourth-order valence-corrected chi connectivity index (χ4v) is 0.845. The number of aromatic nitrogens is 1. The molecule has 5 heteroatoms. The number of carbonyl (C=O) groups excluding carboxylic acids is 1. The maximum atomic E-state index is 10.9. The molecule has 0 aliphatic rings. The van der Waals surface area contributed by atoms with Crippen LogP contribution in [0.4, 0.5) is 0 Å². The van der Waals surface area contributed by atoms with E-state index in [1.54, 1.807) is 13.1 Å². The highest BCUT2D eigenvalue weighted by Crippen LogP contribution is 1.96. The van der Waals surface area contributed by atoms with Crippen LogP contribution in [0.5, 0.6) is 0 Å². The van der Waals surface area contributed by atoms with E-state index in [2.05, 4.69) is 19.7 Å². The van der Waals surface area contributed by atoms with E-state index in [1.165, 1.54) is 13.4 Å². The Kier molecular flexibility index (Phi) is 3.45. The van der Waals surface area contributed by atoms with Gasteiger partial charge < -0.3 is 14.6 Å². The number of hydrogen-bond acceptors (Lipinski definition) is 5. The van der Waals surface area contributed by atoms with Crippen molar-refractivity contribution in [2.45, 2.75) is 19.5 Å². The molecule has 1 atom stereocenters. The van der Waals surface area contributed by atoms with Gasteiger partial charge in [0.15, 0.2) is 0 Å². The zero-order valence-corrected chi connectivity index (χ0v) is 7.61. The number of carbonyl (C=O) groups is 1. The predicted octanol–water partition coefficient (Wildman–Crippen LogP) is 0.326. The van der Waals surface area contributed by atoms with Crippen LogP contribution in [0.3, 0.4) is 0 Å². The zero-order valence-electron chi connectivity index (χ0n) is 7.61. The Hall–Kier alpha value is -1.36. The molecule has 1 rings (SSSR count). The minimum absolute atomic E-state index is 0.281. The van der Waals surface area contributed by atoms with E-state index in [-0.39, 0.29) is 12.0 Å². The van der Waals surface area contributed by atoms with Gasteiger partial charge in [-0.3, -0.25) is 4.79 Å². The summed E-state index contributed by atoms with van der Waals surface area (Å²) in [7, 11) is 1.36. The number of methoxy groups -OCH3 is 1. The molecule has 1 N–H and O–H groups in total. The fourth-order valence-electron chi connectivity index (χ4n) is 0.845. The quantitative estimate of drug-likeness (QED) is 0.683. The van der Waals surface area contributed by atoms with Crippen LogP contribution >= 0.6 is 0 Å². The summed E-state index contributed by atoms with van der Waals surface area (Å²) in [6, 6.07) is -0.320. The van der Waals surface area contributed by atoms with Crippen molar-refractivity contribution in [1.29, 1.82) is 0 Å². The Balaban J connectivity index is 2.30. The number of hydrogen-bond donors (Lipinski definition) is 1. The molecule has 0 radical (unpaired) electrons. The lowest BCUT2D eigenvalue weighted by Crippen LogP contribution is -2.34. The summed E-state index contributed by atoms with van der Waals surface area (Å²) in [5.41, 5.74) is 0.899. The molecule has 1 unspecified atom stereocenters. The zero-order chi connectivity index (χ0) is 9.68. The normalized spacial score (nSPS) is 12.5. The highest BCUT2D eigenvalue weighted by molar-refractivity contribution is 5.75. The minimum atomic E-state index is -0.320. The average molecular weight is 184 g/mol. The van der Waals surface area contributed by atoms with Gasteiger partial charge in [0.05, 0.1) is 13.3 Å². The van der Waals surface area contributed by atoms with Crippen molar-refractivity contribution in [3.05, 3.63) is 18.0 Å². The lowest BCUT2D eigenvalue weighted by molar-refractivity contribution is -0.142. The van der Waals surface area contributed by atoms with Gasteiger partial charge >= 0.3 is 5.97 Å². The number of ether oxygens (including phenoxy) is 1. The van der Waals surface area contributed by atoms with Crippen LogP contribution in [0.2, 0.25) is 0 Å². The maximum absolute atomic E-state index is 10.9. The third-order valence-corrected chi connectivity index (χ3v) is 1.65. The van der Waals surface area contributed by atoms with Crippen molar-refractivity contribution in [3.8, 4) is 0 Å². The molecule has 0 bridgehead atoms. The first-order chi connectivity index (χ1) is 6.24. The third-order valence-electron chi connectivity index (χ3n) is 1.65. The summed E-state index contributed by atoms with van der Waals surface area (Å²) >= 11 is 0. The van der Waals surface area contributed by atoms with Gasteiger partial charge in [0.2, 0.25) is 0 Å². The Bertz CT molecular complexity index is 258. The lowest BCUT2D eigenvalue weighted by Gasteiger charge is -2.09. The first-order valence-corrected chi connectivity index (χ1v) is 3.93. The first kappa shape index (κ1) is 9.73. The van der Waals surface area contributed by atoms with Crippen LogP contribution < -0.4 is 5.32 Å². The van der Waals surface area contributed by atoms with Crippen molar-refractivity contribution < 1.29 is 14.1 Å². The van der Waals surface area contributed by atoms with Crippen molar-refractivity contribution in [2.24, 2.45) is 0 Å². The molecule has 0 fully saturated rings. The van der Waals surface area contributed by atoms with E-state index in [0.717, 1.165) is 5.56 Å². The second-order valence-electron chi connectivity index (χ2n) is 2.66. The van der Waals surface area contributed by atoms with E-state index < -0.39 is 0 Å². The Morgan fingerprint density at radius 2 is 2.62 bits per heavy atom. The topological polar surface area (TPSA) is 64.4 Å². The number of esters is 1. The smallest absolute Gasteiger partial charge is 0.322 e. The van der Waals surface area contributed by atoms with Gasteiger partial charge in [-0.2, -0.15) is 0 Å². The molecule has 0 saturated heterocycles. The van der Waals surface area contributed by atoms with E-state index in [0.29, 0.717) is 6.54 Å². The van der Waals surface area contributed by atoms with Gasteiger partial charge in [-0.05, 0) is 6.92 Å². The van der Waals surface area contributed by atoms with Crippen LogP contribution in [0, 0.1) is 0 Å². The van der Waals surface area contributed by atoms with E-state index in [4.69, 9.17) is 0 Å². The minimum Gasteiger partial charge on any atom is -0.468 e. The van der Waals surface area contributed by atoms with Crippen LogP contribution in [0.25, 0.3) is 0 Å². The van der Waals surface area contributed by atoms with E-state index >= 15 is 0 Å². The lowest BCUT2D eigenvalue weighted by atomic mass is 10.3. The number of nitrogens with one attached hydrogen (secondary N) is 1. The summed E-state index contributed by atoms with van der Waals surface area (Å²) < 4.78 is 9.17. The van der Waals surface area contributed by atoms with Gasteiger partial charge in [-0.15, -0.1) is 0 Å². The van der Waals surface area contributed by atoms with Crippen LogP contribution in [0.1, 0.15) is 12.5 Å². The van der Waals surface area contributed by atoms with Crippen molar-refractivity contribution >= 4 is 5.97 Å². The van der Waals surface area contributed by atoms with Crippen LogP contribution in [-0.2, 0) is 16.1 Å². The second kappa shape index (κ2) is 4.61. The molecule has 5 nitrogen and oxygen atoms in total. The first-order valence-electron chi connectivity index (χ1n) is 3.93. The molecule has 0 aliphatic heterocycles. The summed E-state index contributed by atoms with van der Waals surface area (Å²) in [5.74, 6) is -0.281.